The number of hydrogen-bond donors (Lipinski definition) is 0. The van der Waals surface area contributed by atoms with Gasteiger partial charge in [-0.05, 0) is 55.2 Å². The smallest absolute Gasteiger partial charge is 0.0239 e. The predicted octanol–water partition coefficient (Wildman–Crippen LogP) is 6.37. The van der Waals surface area contributed by atoms with Gasteiger partial charge in [-0.25, -0.2) is 0 Å². The summed E-state index contributed by atoms with van der Waals surface area (Å²) in [5.41, 5.74) is 6.20. The van der Waals surface area contributed by atoms with Crippen molar-refractivity contribution in [2.24, 2.45) is 5.92 Å². The van der Waals surface area contributed by atoms with Crippen molar-refractivity contribution in [1.29, 1.82) is 0 Å². The van der Waals surface area contributed by atoms with Gasteiger partial charge in [-0.3, -0.25) is 0 Å². The van der Waals surface area contributed by atoms with E-state index in [9.17, 15) is 0 Å². The van der Waals surface area contributed by atoms with E-state index in [4.69, 9.17) is 0 Å². The maximum absolute atomic E-state index is 3.84. The van der Waals surface area contributed by atoms with Crippen molar-refractivity contribution in [2.45, 2.75) is 66.2 Å². The molecule has 0 amide bonds. The molecule has 0 fully saturated rings. The first-order valence-corrected chi connectivity index (χ1v) is 7.87. The molecule has 0 atom stereocenters. The molecule has 0 nitrogen and oxygen atoms in total. The average molecular weight is 258 g/mol. The highest BCUT2D eigenvalue weighted by Gasteiger charge is 2.15. The topological polar surface area (TPSA) is 0 Å². The van der Waals surface area contributed by atoms with Crippen LogP contribution in [0.3, 0.4) is 0 Å². The second-order valence-corrected chi connectivity index (χ2v) is 5.64. The van der Waals surface area contributed by atoms with E-state index < -0.39 is 0 Å². The zero-order chi connectivity index (χ0) is 14.3. The van der Waals surface area contributed by atoms with E-state index in [1.807, 2.05) is 6.08 Å². The van der Waals surface area contributed by atoms with Crippen molar-refractivity contribution < 1.29 is 0 Å². The van der Waals surface area contributed by atoms with Crippen LogP contribution in [0.2, 0.25) is 0 Å². The van der Waals surface area contributed by atoms with Gasteiger partial charge in [-0.1, -0.05) is 64.0 Å². The third-order valence-electron chi connectivity index (χ3n) is 4.44. The molecule has 0 N–H and O–H groups in total. The summed E-state index contributed by atoms with van der Waals surface area (Å²) in [5.74, 6) is 0.842. The van der Waals surface area contributed by atoms with E-state index in [1.165, 1.54) is 43.3 Å². The monoisotopic (exact) mass is 258 g/mol. The molecular formula is C19H30. The molecule has 1 rings (SSSR count). The number of rotatable bonds is 7. The molecule has 0 aromatic carbocycles. The van der Waals surface area contributed by atoms with Gasteiger partial charge < -0.3 is 0 Å². The van der Waals surface area contributed by atoms with Crippen molar-refractivity contribution in [2.75, 3.05) is 0 Å². The van der Waals surface area contributed by atoms with Gasteiger partial charge in [0.05, 0.1) is 0 Å². The SMILES string of the molecule is C=C/C=C(\CC)C1=CC(CC(CC)CC)=C(C)CC1. The van der Waals surface area contributed by atoms with Crippen LogP contribution in [0.5, 0.6) is 0 Å². The van der Waals surface area contributed by atoms with Gasteiger partial charge >= 0.3 is 0 Å². The summed E-state index contributed by atoms with van der Waals surface area (Å²) in [5, 5.41) is 0. The summed E-state index contributed by atoms with van der Waals surface area (Å²) >= 11 is 0. The third-order valence-corrected chi connectivity index (χ3v) is 4.44. The van der Waals surface area contributed by atoms with Crippen molar-refractivity contribution in [3.63, 3.8) is 0 Å². The van der Waals surface area contributed by atoms with Gasteiger partial charge in [0.15, 0.2) is 0 Å². The molecule has 0 spiro atoms. The summed E-state index contributed by atoms with van der Waals surface area (Å²) in [6.45, 7) is 13.0. The predicted molar refractivity (Wildman–Crippen MR) is 87.3 cm³/mol. The fourth-order valence-corrected chi connectivity index (χ4v) is 2.86. The van der Waals surface area contributed by atoms with E-state index in [2.05, 4.69) is 46.4 Å². The highest BCUT2D eigenvalue weighted by atomic mass is 14.2. The molecule has 0 aliphatic heterocycles. The maximum Gasteiger partial charge on any atom is -0.0239 e. The highest BCUT2D eigenvalue weighted by Crippen LogP contribution is 2.33. The van der Waals surface area contributed by atoms with E-state index in [0.29, 0.717) is 0 Å². The van der Waals surface area contributed by atoms with Gasteiger partial charge in [0.2, 0.25) is 0 Å². The standard InChI is InChI=1S/C19H30/c1-6-10-17(9-4)18-12-11-15(5)19(14-18)13-16(7-2)8-3/h6,10,14,16H,1,7-9,11-13H2,2-5H3/b17-10+. The molecule has 106 valence electrons. The van der Waals surface area contributed by atoms with Gasteiger partial charge in [0.1, 0.15) is 0 Å². The lowest BCUT2D eigenvalue weighted by molar-refractivity contribution is 0.489. The second-order valence-electron chi connectivity index (χ2n) is 5.64. The van der Waals surface area contributed by atoms with Crippen molar-refractivity contribution in [3.8, 4) is 0 Å². The Balaban J connectivity index is 2.93. The van der Waals surface area contributed by atoms with Crippen LogP contribution in [0.25, 0.3) is 0 Å². The Kier molecular flexibility index (Phi) is 6.91. The van der Waals surface area contributed by atoms with Crippen LogP contribution in [-0.4, -0.2) is 0 Å². The van der Waals surface area contributed by atoms with Gasteiger partial charge in [0.25, 0.3) is 0 Å². The Labute approximate surface area is 120 Å². The van der Waals surface area contributed by atoms with E-state index in [-0.39, 0.29) is 0 Å². The molecule has 19 heavy (non-hydrogen) atoms. The van der Waals surface area contributed by atoms with Gasteiger partial charge in [-0.15, -0.1) is 0 Å². The molecule has 0 saturated carbocycles. The fraction of sp³-hybridized carbons (Fsp3) is 0.579. The Bertz CT molecular complexity index is 386. The lowest BCUT2D eigenvalue weighted by Crippen LogP contribution is -2.05. The van der Waals surface area contributed by atoms with Crippen LogP contribution < -0.4 is 0 Å². The molecule has 0 heterocycles. The first-order valence-electron chi connectivity index (χ1n) is 7.87. The maximum atomic E-state index is 3.84. The van der Waals surface area contributed by atoms with Crippen molar-refractivity contribution in [3.05, 3.63) is 47.1 Å². The molecule has 0 aromatic rings. The molecule has 0 unspecified atom stereocenters. The van der Waals surface area contributed by atoms with Gasteiger partial charge in [0, 0.05) is 0 Å². The minimum Gasteiger partial charge on any atom is -0.0991 e. The lowest BCUT2D eigenvalue weighted by atomic mass is 9.83. The van der Waals surface area contributed by atoms with Gasteiger partial charge in [-0.2, -0.15) is 0 Å². The summed E-state index contributed by atoms with van der Waals surface area (Å²) < 4.78 is 0. The largest absolute Gasteiger partial charge is 0.0991 e. The molecule has 0 aromatic heterocycles. The first-order chi connectivity index (χ1) is 9.15. The Hall–Kier alpha value is -1.04. The Morgan fingerprint density at radius 3 is 2.47 bits per heavy atom. The molecule has 1 aliphatic carbocycles. The molecule has 0 saturated heterocycles. The summed E-state index contributed by atoms with van der Waals surface area (Å²) in [7, 11) is 0. The quantitative estimate of drug-likeness (QED) is 0.465. The van der Waals surface area contributed by atoms with Crippen LogP contribution >= 0.6 is 0 Å². The summed E-state index contributed by atoms with van der Waals surface area (Å²) in [6.07, 6.45) is 14.0. The molecule has 0 heteroatoms. The van der Waals surface area contributed by atoms with Crippen molar-refractivity contribution >= 4 is 0 Å². The zero-order valence-electron chi connectivity index (χ0n) is 13.3. The van der Waals surface area contributed by atoms with E-state index >= 15 is 0 Å². The molecule has 1 aliphatic rings. The first kappa shape index (κ1) is 16.0. The van der Waals surface area contributed by atoms with Crippen molar-refractivity contribution in [1.82, 2.24) is 0 Å². The van der Waals surface area contributed by atoms with Crippen LogP contribution in [0.4, 0.5) is 0 Å². The normalized spacial score (nSPS) is 16.9. The highest BCUT2D eigenvalue weighted by molar-refractivity contribution is 5.43. The minimum atomic E-state index is 0.842. The second kappa shape index (κ2) is 8.19. The molecular weight excluding hydrogens is 228 g/mol. The zero-order valence-corrected chi connectivity index (χ0v) is 13.3. The average Bonchev–Trinajstić information content (AvgIpc) is 2.44. The Morgan fingerprint density at radius 2 is 1.95 bits per heavy atom. The van der Waals surface area contributed by atoms with Crippen LogP contribution in [0.15, 0.2) is 47.1 Å². The minimum absolute atomic E-state index is 0.842. The number of hydrogen-bond acceptors (Lipinski definition) is 0. The van der Waals surface area contributed by atoms with E-state index in [1.54, 1.807) is 11.1 Å². The van der Waals surface area contributed by atoms with Crippen LogP contribution in [0.1, 0.15) is 66.2 Å². The molecule has 0 radical (unpaired) electrons. The lowest BCUT2D eigenvalue weighted by Gasteiger charge is -2.22. The van der Waals surface area contributed by atoms with Crippen LogP contribution in [-0.2, 0) is 0 Å². The Morgan fingerprint density at radius 1 is 1.26 bits per heavy atom. The third kappa shape index (κ3) is 4.53. The molecule has 0 bridgehead atoms. The fourth-order valence-electron chi connectivity index (χ4n) is 2.86. The van der Waals surface area contributed by atoms with E-state index in [0.717, 1.165) is 12.3 Å². The van der Waals surface area contributed by atoms with Crippen LogP contribution in [0, 0.1) is 5.92 Å². The number of allylic oxidation sites excluding steroid dienone is 7. The summed E-state index contributed by atoms with van der Waals surface area (Å²) in [6, 6.07) is 0. The summed E-state index contributed by atoms with van der Waals surface area (Å²) in [4.78, 5) is 0.